The fourth-order valence-corrected chi connectivity index (χ4v) is 3.20. The Kier molecular flexibility index (Phi) is 3.40. The lowest BCUT2D eigenvalue weighted by molar-refractivity contribution is 0.378. The number of rotatable bonds is 3. The van der Waals surface area contributed by atoms with Gasteiger partial charge in [-0.25, -0.2) is 0 Å². The fraction of sp³-hybridized carbons (Fsp3) is 0.176. The van der Waals surface area contributed by atoms with Crippen molar-refractivity contribution in [3.8, 4) is 11.4 Å². The quantitative estimate of drug-likeness (QED) is 0.652. The third-order valence-electron chi connectivity index (χ3n) is 3.95. The molecule has 3 aromatic rings. The standard InChI is InChI=1S/C17H12Cl2N2O/c18-11-6-7-12(15(19)8-11)16-20-17(22-21-16)14-9-13(14)10-4-2-1-3-5-10/h1-8,13-14H,9H2. The van der Waals surface area contributed by atoms with E-state index in [1.807, 2.05) is 6.07 Å². The molecule has 0 bridgehead atoms. The zero-order chi connectivity index (χ0) is 15.1. The molecule has 110 valence electrons. The van der Waals surface area contributed by atoms with Crippen molar-refractivity contribution in [3.05, 3.63) is 70.0 Å². The molecular weight excluding hydrogens is 319 g/mol. The molecule has 4 rings (SSSR count). The van der Waals surface area contributed by atoms with Crippen molar-refractivity contribution in [3.63, 3.8) is 0 Å². The van der Waals surface area contributed by atoms with Gasteiger partial charge in [-0.1, -0.05) is 58.7 Å². The summed E-state index contributed by atoms with van der Waals surface area (Å²) in [5.41, 5.74) is 2.05. The minimum Gasteiger partial charge on any atom is -0.339 e. The SMILES string of the molecule is Clc1ccc(-c2noc(C3CC3c3ccccc3)n2)c(Cl)c1. The summed E-state index contributed by atoms with van der Waals surface area (Å²) in [6.07, 6.45) is 1.04. The molecule has 1 fully saturated rings. The van der Waals surface area contributed by atoms with Gasteiger partial charge in [0.15, 0.2) is 0 Å². The first kappa shape index (κ1) is 13.8. The van der Waals surface area contributed by atoms with Crippen LogP contribution in [0.25, 0.3) is 11.4 Å². The highest BCUT2D eigenvalue weighted by atomic mass is 35.5. The van der Waals surface area contributed by atoms with E-state index in [0.717, 1.165) is 12.0 Å². The summed E-state index contributed by atoms with van der Waals surface area (Å²) in [4.78, 5) is 4.50. The third kappa shape index (κ3) is 2.51. The van der Waals surface area contributed by atoms with E-state index in [1.54, 1.807) is 18.2 Å². The Morgan fingerprint density at radius 1 is 1.00 bits per heavy atom. The Morgan fingerprint density at radius 2 is 1.82 bits per heavy atom. The van der Waals surface area contributed by atoms with Crippen LogP contribution in [0.15, 0.2) is 53.1 Å². The van der Waals surface area contributed by atoms with Crippen molar-refractivity contribution >= 4 is 23.2 Å². The lowest BCUT2D eigenvalue weighted by Crippen LogP contribution is -1.86. The van der Waals surface area contributed by atoms with Crippen molar-refractivity contribution in [1.82, 2.24) is 10.1 Å². The third-order valence-corrected chi connectivity index (χ3v) is 4.50. The van der Waals surface area contributed by atoms with Gasteiger partial charge in [0, 0.05) is 16.5 Å². The van der Waals surface area contributed by atoms with Crippen LogP contribution >= 0.6 is 23.2 Å². The predicted octanol–water partition coefficient (Wildman–Crippen LogP) is 5.31. The highest BCUT2D eigenvalue weighted by molar-refractivity contribution is 6.36. The lowest BCUT2D eigenvalue weighted by atomic mass is 10.1. The van der Waals surface area contributed by atoms with E-state index < -0.39 is 0 Å². The zero-order valence-electron chi connectivity index (χ0n) is 11.5. The van der Waals surface area contributed by atoms with Gasteiger partial charge in [-0.3, -0.25) is 0 Å². The van der Waals surface area contributed by atoms with Crippen LogP contribution in [0, 0.1) is 0 Å². The zero-order valence-corrected chi connectivity index (χ0v) is 13.1. The van der Waals surface area contributed by atoms with Gasteiger partial charge in [-0.15, -0.1) is 0 Å². The fourth-order valence-electron chi connectivity index (χ4n) is 2.70. The van der Waals surface area contributed by atoms with E-state index in [9.17, 15) is 0 Å². The predicted molar refractivity (Wildman–Crippen MR) is 86.3 cm³/mol. The molecule has 1 saturated carbocycles. The molecule has 1 aliphatic rings. The van der Waals surface area contributed by atoms with E-state index in [2.05, 4.69) is 34.4 Å². The molecule has 2 unspecified atom stereocenters. The molecule has 0 radical (unpaired) electrons. The molecule has 2 aromatic carbocycles. The van der Waals surface area contributed by atoms with Crippen molar-refractivity contribution < 1.29 is 4.52 Å². The Morgan fingerprint density at radius 3 is 2.59 bits per heavy atom. The van der Waals surface area contributed by atoms with Crippen LogP contribution in [0.5, 0.6) is 0 Å². The summed E-state index contributed by atoms with van der Waals surface area (Å²) in [7, 11) is 0. The second kappa shape index (κ2) is 5.41. The number of hydrogen-bond donors (Lipinski definition) is 0. The van der Waals surface area contributed by atoms with Crippen LogP contribution in [0.3, 0.4) is 0 Å². The van der Waals surface area contributed by atoms with Gasteiger partial charge in [-0.05, 0) is 36.1 Å². The molecular formula is C17H12Cl2N2O. The summed E-state index contributed by atoms with van der Waals surface area (Å²) in [6.45, 7) is 0. The van der Waals surface area contributed by atoms with Crippen LogP contribution in [0.1, 0.15) is 29.7 Å². The maximum Gasteiger partial charge on any atom is 0.230 e. The molecule has 0 amide bonds. The van der Waals surface area contributed by atoms with E-state index in [0.29, 0.717) is 33.6 Å². The van der Waals surface area contributed by atoms with Gasteiger partial charge < -0.3 is 4.52 Å². The Hall–Kier alpha value is -1.84. The molecule has 2 atom stereocenters. The Bertz CT molecular complexity index is 817. The van der Waals surface area contributed by atoms with E-state index >= 15 is 0 Å². The monoisotopic (exact) mass is 330 g/mol. The van der Waals surface area contributed by atoms with E-state index in [-0.39, 0.29) is 0 Å². The van der Waals surface area contributed by atoms with Crippen LogP contribution in [-0.4, -0.2) is 10.1 Å². The first-order valence-corrected chi connectivity index (χ1v) is 7.82. The van der Waals surface area contributed by atoms with Crippen LogP contribution in [-0.2, 0) is 0 Å². The van der Waals surface area contributed by atoms with Gasteiger partial charge >= 0.3 is 0 Å². The number of benzene rings is 2. The van der Waals surface area contributed by atoms with Crippen molar-refractivity contribution in [1.29, 1.82) is 0 Å². The molecule has 0 spiro atoms. The molecule has 1 heterocycles. The molecule has 1 aliphatic carbocycles. The van der Waals surface area contributed by atoms with E-state index in [1.165, 1.54) is 5.56 Å². The summed E-state index contributed by atoms with van der Waals surface area (Å²) in [5, 5.41) is 5.16. The number of halogens is 2. The molecule has 0 saturated heterocycles. The molecule has 5 heteroatoms. The minimum absolute atomic E-state index is 0.301. The van der Waals surface area contributed by atoms with Crippen LogP contribution < -0.4 is 0 Å². The first-order valence-electron chi connectivity index (χ1n) is 7.06. The highest BCUT2D eigenvalue weighted by Crippen LogP contribution is 2.54. The van der Waals surface area contributed by atoms with Gasteiger partial charge in [-0.2, -0.15) is 4.98 Å². The number of nitrogens with zero attached hydrogens (tertiary/aromatic N) is 2. The summed E-state index contributed by atoms with van der Waals surface area (Å²) < 4.78 is 5.43. The molecule has 3 nitrogen and oxygen atoms in total. The molecule has 0 N–H and O–H groups in total. The van der Waals surface area contributed by atoms with Gasteiger partial charge in [0.2, 0.25) is 11.7 Å². The van der Waals surface area contributed by atoms with Gasteiger partial charge in [0.1, 0.15) is 0 Å². The topological polar surface area (TPSA) is 38.9 Å². The number of hydrogen-bond acceptors (Lipinski definition) is 3. The molecule has 22 heavy (non-hydrogen) atoms. The molecule has 0 aliphatic heterocycles. The van der Waals surface area contributed by atoms with Crippen molar-refractivity contribution in [2.24, 2.45) is 0 Å². The average molecular weight is 331 g/mol. The summed E-state index contributed by atoms with van der Waals surface area (Å²) >= 11 is 12.1. The second-order valence-corrected chi connectivity index (χ2v) is 6.28. The normalized spacial score (nSPS) is 20.1. The second-order valence-electron chi connectivity index (χ2n) is 5.44. The average Bonchev–Trinajstić information content (AvgIpc) is 3.18. The number of aromatic nitrogens is 2. The van der Waals surface area contributed by atoms with Crippen molar-refractivity contribution in [2.45, 2.75) is 18.3 Å². The summed E-state index contributed by atoms with van der Waals surface area (Å²) in [6, 6.07) is 15.7. The molecule has 1 aromatic heterocycles. The van der Waals surface area contributed by atoms with E-state index in [4.69, 9.17) is 27.7 Å². The van der Waals surface area contributed by atoms with Crippen LogP contribution in [0.4, 0.5) is 0 Å². The summed E-state index contributed by atoms with van der Waals surface area (Å²) in [5.74, 6) is 1.95. The first-order chi connectivity index (χ1) is 10.7. The highest BCUT2D eigenvalue weighted by Gasteiger charge is 2.43. The van der Waals surface area contributed by atoms with Crippen molar-refractivity contribution in [2.75, 3.05) is 0 Å². The Balaban J connectivity index is 1.58. The lowest BCUT2D eigenvalue weighted by Gasteiger charge is -1.98. The van der Waals surface area contributed by atoms with Gasteiger partial charge in [0.05, 0.1) is 5.02 Å². The Labute approximate surface area is 137 Å². The van der Waals surface area contributed by atoms with Crippen LogP contribution in [0.2, 0.25) is 10.0 Å². The van der Waals surface area contributed by atoms with Gasteiger partial charge in [0.25, 0.3) is 0 Å². The smallest absolute Gasteiger partial charge is 0.230 e. The largest absolute Gasteiger partial charge is 0.339 e. The maximum atomic E-state index is 6.19. The minimum atomic E-state index is 0.301. The maximum absolute atomic E-state index is 6.19.